The van der Waals surface area contributed by atoms with Crippen LogP contribution in [0.15, 0.2) is 35.6 Å². The number of amides is 3. The van der Waals surface area contributed by atoms with Crippen LogP contribution in [0.3, 0.4) is 0 Å². The summed E-state index contributed by atoms with van der Waals surface area (Å²) < 4.78 is 30.0. The van der Waals surface area contributed by atoms with Gasteiger partial charge in [-0.15, -0.1) is 0 Å². The highest BCUT2D eigenvalue weighted by Crippen LogP contribution is 2.43. The number of urea groups is 1. The highest BCUT2D eigenvalue weighted by atomic mass is 32.2. The molecule has 0 saturated heterocycles. The number of para-hydroxylation sites is 1. The smallest absolute Gasteiger partial charge is 0.414 e. The van der Waals surface area contributed by atoms with Crippen LogP contribution in [0.2, 0.25) is 0 Å². The summed E-state index contributed by atoms with van der Waals surface area (Å²) in [5.41, 5.74) is 1.69. The lowest BCUT2D eigenvalue weighted by Gasteiger charge is -2.45. The number of hydrogen-bond donors (Lipinski definition) is 0. The van der Waals surface area contributed by atoms with Gasteiger partial charge in [0.2, 0.25) is 15.0 Å². The zero-order valence-electron chi connectivity index (χ0n) is 21.7. The monoisotopic (exact) mass is 527 g/mol. The van der Waals surface area contributed by atoms with Gasteiger partial charge in [0.1, 0.15) is 11.4 Å². The van der Waals surface area contributed by atoms with Gasteiger partial charge in [0.05, 0.1) is 18.3 Å². The van der Waals surface area contributed by atoms with Gasteiger partial charge in [0, 0.05) is 30.6 Å². The molecule has 2 aromatic rings. The van der Waals surface area contributed by atoms with Crippen molar-refractivity contribution < 1.29 is 22.7 Å². The van der Waals surface area contributed by atoms with E-state index in [2.05, 4.69) is 9.97 Å². The molecule has 1 aromatic heterocycles. The molecule has 3 aliphatic rings. The van der Waals surface area contributed by atoms with E-state index in [1.54, 1.807) is 9.80 Å². The number of rotatable bonds is 3. The number of benzene rings is 1. The summed E-state index contributed by atoms with van der Waals surface area (Å²) in [6.07, 6.45) is 6.41. The van der Waals surface area contributed by atoms with E-state index in [-0.39, 0.29) is 29.8 Å². The third-order valence-corrected chi connectivity index (χ3v) is 7.92. The number of hydrogen-bond acceptors (Lipinski definition) is 7. The van der Waals surface area contributed by atoms with Crippen LogP contribution < -0.4 is 9.80 Å². The third kappa shape index (κ3) is 4.88. The number of carbonyl (C=O) groups excluding carboxylic acids is 2. The average Bonchev–Trinajstić information content (AvgIpc) is 3.35. The second kappa shape index (κ2) is 9.27. The lowest BCUT2D eigenvalue weighted by molar-refractivity contribution is 0.0572. The highest BCUT2D eigenvalue weighted by Gasteiger charge is 2.43. The van der Waals surface area contributed by atoms with Crippen LogP contribution in [0.5, 0.6) is 0 Å². The van der Waals surface area contributed by atoms with E-state index in [1.807, 2.05) is 49.9 Å². The van der Waals surface area contributed by atoms with Crippen molar-refractivity contribution >= 4 is 33.5 Å². The molecule has 2 aliphatic heterocycles. The maximum atomic E-state index is 14.1. The lowest BCUT2D eigenvalue weighted by Crippen LogP contribution is -2.54. The van der Waals surface area contributed by atoms with Gasteiger partial charge in [-0.25, -0.2) is 28.0 Å². The largest absolute Gasteiger partial charge is 0.443 e. The lowest BCUT2D eigenvalue weighted by atomic mass is 9.94. The van der Waals surface area contributed by atoms with E-state index in [9.17, 15) is 18.0 Å². The Labute approximate surface area is 217 Å². The van der Waals surface area contributed by atoms with Gasteiger partial charge in [0.15, 0.2) is 0 Å². The Morgan fingerprint density at radius 2 is 1.81 bits per heavy atom. The molecule has 3 heterocycles. The summed E-state index contributed by atoms with van der Waals surface area (Å²) in [7, 11) is -3.63. The zero-order valence-corrected chi connectivity index (χ0v) is 22.5. The van der Waals surface area contributed by atoms with Crippen LogP contribution in [0.1, 0.15) is 70.0 Å². The Bertz CT molecular complexity index is 1330. The summed E-state index contributed by atoms with van der Waals surface area (Å²) >= 11 is 0. The quantitative estimate of drug-likeness (QED) is 0.542. The van der Waals surface area contributed by atoms with E-state index in [4.69, 9.17) is 4.74 Å². The van der Waals surface area contributed by atoms with Crippen LogP contribution in [0, 0.1) is 0 Å². The minimum Gasteiger partial charge on any atom is -0.443 e. The predicted octanol–water partition coefficient (Wildman–Crippen LogP) is 4.45. The Morgan fingerprint density at radius 1 is 1.11 bits per heavy atom. The van der Waals surface area contributed by atoms with Crippen LogP contribution in [0.4, 0.5) is 21.1 Å². The molecule has 0 bridgehead atoms. The molecule has 198 valence electrons. The molecule has 1 saturated carbocycles. The molecular weight excluding hydrogens is 494 g/mol. The Morgan fingerprint density at radius 3 is 2.49 bits per heavy atom. The van der Waals surface area contributed by atoms with E-state index in [1.165, 1.54) is 6.20 Å². The molecule has 1 unspecified atom stereocenters. The van der Waals surface area contributed by atoms with Crippen molar-refractivity contribution in [3.05, 3.63) is 41.6 Å². The van der Waals surface area contributed by atoms with Crippen molar-refractivity contribution in [1.29, 1.82) is 0 Å². The molecule has 10 nitrogen and oxygen atoms in total. The molecule has 1 aliphatic carbocycles. The van der Waals surface area contributed by atoms with E-state index in [0.717, 1.165) is 43.2 Å². The molecule has 11 heteroatoms. The standard InChI is InChI=1S/C26H33N5O5S/c1-26(2,3)36-25(33)29-14-13-21(19-11-7-8-12-20(19)29)30-16-17-15-27-23(37(4,34)35)28-22(17)31(24(30)32)18-9-5-6-10-18/h7-8,11-12,15,18,21H,5-6,9-10,13-14,16H2,1-4H3. The fraction of sp³-hybridized carbons (Fsp3) is 0.538. The maximum absolute atomic E-state index is 14.1. The van der Waals surface area contributed by atoms with Gasteiger partial charge in [-0.05, 0) is 51.7 Å². The van der Waals surface area contributed by atoms with E-state index >= 15 is 0 Å². The SMILES string of the molecule is CC(C)(C)OC(=O)N1CCC(N2Cc3cnc(S(C)(=O)=O)nc3N(C3CCCC3)C2=O)c2ccccc21. The van der Waals surface area contributed by atoms with Crippen molar-refractivity contribution in [2.45, 2.75) is 82.3 Å². The van der Waals surface area contributed by atoms with Gasteiger partial charge < -0.3 is 9.64 Å². The summed E-state index contributed by atoms with van der Waals surface area (Å²) in [4.78, 5) is 40.7. The van der Waals surface area contributed by atoms with Crippen molar-refractivity contribution in [2.24, 2.45) is 0 Å². The number of fused-ring (bicyclic) bond motifs is 2. The Kier molecular flexibility index (Phi) is 6.37. The van der Waals surface area contributed by atoms with E-state index < -0.39 is 21.5 Å². The van der Waals surface area contributed by atoms with Crippen molar-refractivity contribution in [1.82, 2.24) is 14.9 Å². The minimum absolute atomic E-state index is 0.0477. The zero-order chi connectivity index (χ0) is 26.5. The Balaban J connectivity index is 1.53. The molecule has 3 amide bonds. The molecule has 0 N–H and O–H groups in total. The predicted molar refractivity (Wildman–Crippen MR) is 138 cm³/mol. The first-order valence-corrected chi connectivity index (χ1v) is 14.6. The summed E-state index contributed by atoms with van der Waals surface area (Å²) in [5.74, 6) is 0.392. The second-order valence-electron chi connectivity index (χ2n) is 11.0. The van der Waals surface area contributed by atoms with Crippen LogP contribution >= 0.6 is 0 Å². The second-order valence-corrected chi connectivity index (χ2v) is 12.9. The number of anilines is 2. The molecule has 0 spiro atoms. The van der Waals surface area contributed by atoms with Gasteiger partial charge in [-0.2, -0.15) is 0 Å². The average molecular weight is 528 g/mol. The van der Waals surface area contributed by atoms with Crippen molar-refractivity contribution in [3.63, 3.8) is 0 Å². The van der Waals surface area contributed by atoms with Crippen LogP contribution in [-0.4, -0.2) is 59.9 Å². The van der Waals surface area contributed by atoms with Gasteiger partial charge in [0.25, 0.3) is 0 Å². The van der Waals surface area contributed by atoms with Gasteiger partial charge in [-0.1, -0.05) is 31.0 Å². The molecule has 1 fully saturated rings. The normalized spacial score (nSPS) is 20.6. The third-order valence-electron chi connectivity index (χ3n) is 7.06. The molecule has 37 heavy (non-hydrogen) atoms. The minimum atomic E-state index is -3.63. The first-order valence-electron chi connectivity index (χ1n) is 12.7. The fourth-order valence-corrected chi connectivity index (χ4v) is 5.97. The fourth-order valence-electron chi connectivity index (χ4n) is 5.47. The summed E-state index contributed by atoms with van der Waals surface area (Å²) in [6.45, 7) is 6.17. The Hall–Kier alpha value is -3.21. The van der Waals surface area contributed by atoms with Gasteiger partial charge >= 0.3 is 12.1 Å². The first-order chi connectivity index (χ1) is 17.4. The van der Waals surface area contributed by atoms with Gasteiger partial charge in [-0.3, -0.25) is 9.80 Å². The number of aromatic nitrogens is 2. The molecular formula is C26H33N5O5S. The molecule has 5 rings (SSSR count). The molecule has 1 atom stereocenters. The van der Waals surface area contributed by atoms with Crippen molar-refractivity contribution in [2.75, 3.05) is 22.6 Å². The number of nitrogens with zero attached hydrogens (tertiary/aromatic N) is 5. The van der Waals surface area contributed by atoms with Crippen LogP contribution in [-0.2, 0) is 21.1 Å². The highest BCUT2D eigenvalue weighted by molar-refractivity contribution is 7.90. The number of sulfone groups is 1. The number of ether oxygens (including phenoxy) is 1. The van der Waals surface area contributed by atoms with E-state index in [0.29, 0.717) is 24.3 Å². The maximum Gasteiger partial charge on any atom is 0.414 e. The topological polar surface area (TPSA) is 113 Å². The number of carbonyl (C=O) groups is 2. The molecule has 1 aromatic carbocycles. The first kappa shape index (κ1) is 25.4. The summed E-state index contributed by atoms with van der Waals surface area (Å²) in [5, 5.41) is -0.272. The summed E-state index contributed by atoms with van der Waals surface area (Å²) in [6, 6.07) is 7.10. The van der Waals surface area contributed by atoms with Crippen molar-refractivity contribution in [3.8, 4) is 0 Å². The molecule has 0 radical (unpaired) electrons. The van der Waals surface area contributed by atoms with Crippen LogP contribution in [0.25, 0.3) is 0 Å².